The van der Waals surface area contributed by atoms with Crippen molar-refractivity contribution < 1.29 is 17.9 Å². The molecule has 0 aliphatic heterocycles. The molecule has 0 fully saturated rings. The lowest BCUT2D eigenvalue weighted by atomic mass is 10.1. The molecule has 0 spiro atoms. The second-order valence-corrected chi connectivity index (χ2v) is 11.1. The molecule has 172 valence electrons. The highest BCUT2D eigenvalue weighted by Gasteiger charge is 2.27. The average Bonchev–Trinajstić information content (AvgIpc) is 3.17. The van der Waals surface area contributed by atoms with Gasteiger partial charge in [0, 0.05) is 32.7 Å². The Kier molecular flexibility index (Phi) is 6.87. The Hall–Kier alpha value is -2.31. The van der Waals surface area contributed by atoms with Crippen LogP contribution in [0.25, 0.3) is 11.0 Å². The Labute approximate surface area is 210 Å². The zero-order valence-corrected chi connectivity index (χ0v) is 22.3. The van der Waals surface area contributed by atoms with Gasteiger partial charge in [-0.1, -0.05) is 23.9 Å². The van der Waals surface area contributed by atoms with Gasteiger partial charge < -0.3 is 9.47 Å². The molecule has 0 unspecified atom stereocenters. The van der Waals surface area contributed by atoms with Gasteiger partial charge in [0.1, 0.15) is 16.4 Å². The van der Waals surface area contributed by atoms with Crippen molar-refractivity contribution >= 4 is 55.4 Å². The monoisotopic (exact) mass is 595 g/mol. The van der Waals surface area contributed by atoms with Crippen molar-refractivity contribution in [2.24, 2.45) is 0 Å². The molecule has 7 nitrogen and oxygen atoms in total. The summed E-state index contributed by atoms with van der Waals surface area (Å²) in [5, 5.41) is 0.360. The second kappa shape index (κ2) is 9.51. The molecule has 2 aromatic heterocycles. The number of nitrogens with zero attached hydrogens (tertiary/aromatic N) is 3. The summed E-state index contributed by atoms with van der Waals surface area (Å²) in [5.74, 6) is 1.83. The van der Waals surface area contributed by atoms with Crippen molar-refractivity contribution in [2.75, 3.05) is 14.2 Å². The minimum atomic E-state index is -3.90. The van der Waals surface area contributed by atoms with E-state index in [0.717, 1.165) is 22.6 Å². The summed E-state index contributed by atoms with van der Waals surface area (Å²) in [7, 11) is -0.700. The third kappa shape index (κ3) is 4.43. The number of hydrogen-bond acceptors (Lipinski definition) is 7. The zero-order valence-electron chi connectivity index (χ0n) is 18.5. The van der Waals surface area contributed by atoms with Gasteiger partial charge >= 0.3 is 0 Å². The van der Waals surface area contributed by atoms with Crippen LogP contribution in [0.3, 0.4) is 0 Å². The first-order chi connectivity index (χ1) is 15.8. The summed E-state index contributed by atoms with van der Waals surface area (Å²) in [4.78, 5) is 9.42. The minimum absolute atomic E-state index is 0.230. The van der Waals surface area contributed by atoms with Crippen molar-refractivity contribution in [2.45, 2.75) is 29.7 Å². The summed E-state index contributed by atoms with van der Waals surface area (Å²) in [6.07, 6.45) is 1.76. The number of methoxy groups -OCH3 is 2. The van der Waals surface area contributed by atoms with Crippen molar-refractivity contribution in [3.05, 3.63) is 69.1 Å². The topological polar surface area (TPSA) is 83.3 Å². The van der Waals surface area contributed by atoms with E-state index in [0.29, 0.717) is 31.3 Å². The smallest absolute Gasteiger partial charge is 0.271 e. The highest BCUT2D eigenvalue weighted by Crippen LogP contribution is 2.34. The van der Waals surface area contributed by atoms with E-state index in [9.17, 15) is 8.42 Å². The number of ether oxygens (including phenoxy) is 2. The first-order valence-electron chi connectivity index (χ1n) is 9.96. The van der Waals surface area contributed by atoms with Gasteiger partial charge in [0.25, 0.3) is 10.0 Å². The number of pyridine rings is 1. The first kappa shape index (κ1) is 23.8. The molecule has 0 aliphatic rings. The van der Waals surface area contributed by atoms with E-state index < -0.39 is 10.0 Å². The van der Waals surface area contributed by atoms with E-state index in [1.54, 1.807) is 56.8 Å². The van der Waals surface area contributed by atoms with Crippen molar-refractivity contribution in [1.29, 1.82) is 0 Å². The van der Waals surface area contributed by atoms with Gasteiger partial charge in [-0.25, -0.2) is 17.4 Å². The van der Waals surface area contributed by atoms with Crippen LogP contribution in [-0.4, -0.2) is 36.6 Å². The van der Waals surface area contributed by atoms with Gasteiger partial charge in [-0.2, -0.15) is 0 Å². The number of imidazole rings is 1. The number of rotatable bonds is 7. The van der Waals surface area contributed by atoms with Crippen LogP contribution in [0.5, 0.6) is 11.5 Å². The molecule has 0 atom stereocenters. The van der Waals surface area contributed by atoms with E-state index in [1.807, 2.05) is 42.5 Å². The van der Waals surface area contributed by atoms with Crippen LogP contribution in [0.2, 0.25) is 0 Å². The molecule has 0 N–H and O–H groups in total. The number of fused-ring (bicyclic) bond motifs is 1. The van der Waals surface area contributed by atoms with Crippen LogP contribution in [0.15, 0.2) is 58.7 Å². The predicted molar refractivity (Wildman–Crippen MR) is 138 cm³/mol. The van der Waals surface area contributed by atoms with E-state index in [2.05, 4.69) is 9.97 Å². The fraction of sp³-hybridized carbons (Fsp3) is 0.217. The fourth-order valence-corrected chi connectivity index (χ4v) is 7.60. The summed E-state index contributed by atoms with van der Waals surface area (Å²) < 4.78 is 40.3. The van der Waals surface area contributed by atoms with Crippen LogP contribution >= 0.6 is 34.4 Å². The number of aryl methyl sites for hydroxylation is 1. The van der Waals surface area contributed by atoms with E-state index in [-0.39, 0.29) is 4.90 Å². The Balaban J connectivity index is 1.84. The highest BCUT2D eigenvalue weighted by molar-refractivity contribution is 14.1. The third-order valence-electron chi connectivity index (χ3n) is 5.23. The maximum Gasteiger partial charge on any atom is 0.271 e. The Morgan fingerprint density at radius 3 is 2.55 bits per heavy atom. The molecule has 0 aliphatic carbocycles. The Morgan fingerprint density at radius 1 is 1.09 bits per heavy atom. The molecule has 4 rings (SSSR count). The second-order valence-electron chi connectivity index (χ2n) is 7.28. The molecule has 10 heteroatoms. The molecule has 4 aromatic rings. The van der Waals surface area contributed by atoms with E-state index >= 15 is 0 Å². The van der Waals surface area contributed by atoms with E-state index in [1.165, 1.54) is 15.7 Å². The summed E-state index contributed by atoms with van der Waals surface area (Å²) in [5.41, 5.74) is 3.71. The quantitative estimate of drug-likeness (QED) is 0.215. The van der Waals surface area contributed by atoms with Crippen molar-refractivity contribution in [3.63, 3.8) is 0 Å². The van der Waals surface area contributed by atoms with Crippen LogP contribution in [-0.2, 0) is 15.8 Å². The summed E-state index contributed by atoms with van der Waals surface area (Å²) in [6.45, 7) is 3.89. The standard InChI is InChI=1S/C23H22IN3O4S2/c1-14-12-25-19(15(2)22(14)31-4)13-32-23-26-18-11-16(30-3)9-10-20(18)27(23)33(28,29)21-8-6-5-7-17(21)24/h5-12H,13H2,1-4H3. The molecule has 0 saturated heterocycles. The summed E-state index contributed by atoms with van der Waals surface area (Å²) in [6, 6.07) is 12.1. The largest absolute Gasteiger partial charge is 0.497 e. The number of halogens is 1. The molecule has 2 aromatic carbocycles. The van der Waals surface area contributed by atoms with Gasteiger partial charge in [0.2, 0.25) is 0 Å². The predicted octanol–water partition coefficient (Wildman–Crippen LogP) is 5.20. The normalized spacial score (nSPS) is 11.7. The molecular formula is C23H22IN3O4S2. The van der Waals surface area contributed by atoms with Gasteiger partial charge in [-0.05, 0) is 60.7 Å². The van der Waals surface area contributed by atoms with Crippen LogP contribution in [0, 0.1) is 17.4 Å². The van der Waals surface area contributed by atoms with Crippen LogP contribution in [0.1, 0.15) is 16.8 Å². The van der Waals surface area contributed by atoms with Crippen LogP contribution in [0.4, 0.5) is 0 Å². The Morgan fingerprint density at radius 2 is 1.85 bits per heavy atom. The molecule has 0 amide bonds. The van der Waals surface area contributed by atoms with Crippen molar-refractivity contribution in [1.82, 2.24) is 13.9 Å². The molecular weight excluding hydrogens is 573 g/mol. The van der Waals surface area contributed by atoms with Gasteiger partial charge in [0.15, 0.2) is 5.16 Å². The number of hydrogen-bond donors (Lipinski definition) is 0. The maximum absolute atomic E-state index is 13.8. The van der Waals surface area contributed by atoms with Gasteiger partial charge in [-0.15, -0.1) is 0 Å². The number of thioether (sulfide) groups is 1. The van der Waals surface area contributed by atoms with Gasteiger partial charge in [-0.3, -0.25) is 4.98 Å². The molecule has 0 radical (unpaired) electrons. The maximum atomic E-state index is 13.8. The zero-order chi connectivity index (χ0) is 23.8. The molecule has 2 heterocycles. The minimum Gasteiger partial charge on any atom is -0.497 e. The first-order valence-corrected chi connectivity index (χ1v) is 13.5. The number of aromatic nitrogens is 3. The van der Waals surface area contributed by atoms with Gasteiger partial charge in [0.05, 0.1) is 30.9 Å². The molecule has 33 heavy (non-hydrogen) atoms. The Bertz CT molecular complexity index is 1450. The SMILES string of the molecule is COc1ccc2c(c1)nc(SCc1ncc(C)c(OC)c1C)n2S(=O)(=O)c1ccccc1I. The highest BCUT2D eigenvalue weighted by atomic mass is 127. The van der Waals surface area contributed by atoms with Crippen LogP contribution < -0.4 is 9.47 Å². The summed E-state index contributed by atoms with van der Waals surface area (Å²) >= 11 is 3.36. The molecule has 0 bridgehead atoms. The van der Waals surface area contributed by atoms with Crippen molar-refractivity contribution in [3.8, 4) is 11.5 Å². The number of benzene rings is 2. The lowest BCUT2D eigenvalue weighted by molar-refractivity contribution is 0.407. The fourth-order valence-electron chi connectivity index (χ4n) is 3.57. The third-order valence-corrected chi connectivity index (χ3v) is 9.37. The lowest BCUT2D eigenvalue weighted by Crippen LogP contribution is -2.15. The van der Waals surface area contributed by atoms with E-state index in [4.69, 9.17) is 9.47 Å². The average molecular weight is 595 g/mol. The molecule has 0 saturated carbocycles. The lowest BCUT2D eigenvalue weighted by Gasteiger charge is -2.13.